The zero-order valence-corrected chi connectivity index (χ0v) is 9.29. The Hall–Kier alpha value is -1.71. The summed E-state index contributed by atoms with van der Waals surface area (Å²) >= 11 is 0. The fourth-order valence-corrected chi connectivity index (χ4v) is 1.69. The van der Waals surface area contributed by atoms with Crippen LogP contribution in [-0.2, 0) is 0 Å². The molecular formula is C11H13N3O. The van der Waals surface area contributed by atoms with Gasteiger partial charge in [0.2, 0.25) is 0 Å². The van der Waals surface area contributed by atoms with Gasteiger partial charge in [0.1, 0.15) is 11.3 Å². The smallest absolute Gasteiger partial charge is 0.146 e. The molecule has 0 aliphatic rings. The van der Waals surface area contributed by atoms with Crippen LogP contribution < -0.4 is 0 Å². The second kappa shape index (κ2) is 3.15. The molecule has 15 heavy (non-hydrogen) atoms. The number of fused-ring (bicyclic) bond motifs is 1. The number of aromatic nitrogens is 3. The van der Waals surface area contributed by atoms with Gasteiger partial charge in [-0.3, -0.25) is 4.98 Å². The number of rotatable bonds is 0. The number of nitrogens with zero attached hydrogens (tertiary/aromatic N) is 3. The van der Waals surface area contributed by atoms with Crippen LogP contribution in [0.4, 0.5) is 0 Å². The van der Waals surface area contributed by atoms with Crippen LogP contribution >= 0.6 is 0 Å². The van der Waals surface area contributed by atoms with Gasteiger partial charge < -0.3 is 5.11 Å². The van der Waals surface area contributed by atoms with Crippen LogP contribution in [0.15, 0.2) is 0 Å². The minimum absolute atomic E-state index is 0.214. The highest BCUT2D eigenvalue weighted by Crippen LogP contribution is 2.30. The zero-order chi connectivity index (χ0) is 11.2. The van der Waals surface area contributed by atoms with E-state index in [2.05, 4.69) is 15.2 Å². The normalized spacial score (nSPS) is 10.9. The van der Waals surface area contributed by atoms with Crippen molar-refractivity contribution >= 4 is 10.9 Å². The number of hydrogen-bond donors (Lipinski definition) is 1. The first-order chi connectivity index (χ1) is 7.02. The van der Waals surface area contributed by atoms with Crippen molar-refractivity contribution in [3.05, 3.63) is 22.6 Å². The summed E-state index contributed by atoms with van der Waals surface area (Å²) < 4.78 is 0. The number of aryl methyl sites for hydroxylation is 4. The lowest BCUT2D eigenvalue weighted by Gasteiger charge is -2.09. The Morgan fingerprint density at radius 1 is 0.867 bits per heavy atom. The molecule has 0 saturated heterocycles. The summed E-state index contributed by atoms with van der Waals surface area (Å²) in [5, 5.41) is 18.8. The Balaban J connectivity index is 3.04. The Kier molecular flexibility index (Phi) is 2.07. The van der Waals surface area contributed by atoms with Crippen molar-refractivity contribution in [2.45, 2.75) is 27.7 Å². The van der Waals surface area contributed by atoms with Gasteiger partial charge in [0, 0.05) is 0 Å². The molecule has 0 saturated carbocycles. The van der Waals surface area contributed by atoms with Crippen LogP contribution in [0.25, 0.3) is 10.9 Å². The van der Waals surface area contributed by atoms with E-state index in [0.29, 0.717) is 11.2 Å². The molecular weight excluding hydrogens is 190 g/mol. The minimum Gasteiger partial charge on any atom is -0.505 e. The third-order valence-electron chi connectivity index (χ3n) is 2.71. The summed E-state index contributed by atoms with van der Waals surface area (Å²) in [7, 11) is 0. The lowest BCUT2D eigenvalue weighted by molar-refractivity contribution is 0.473. The molecule has 0 aliphatic heterocycles. The largest absolute Gasteiger partial charge is 0.505 e. The Labute approximate surface area is 88.0 Å². The first kappa shape index (κ1) is 9.83. The van der Waals surface area contributed by atoms with Gasteiger partial charge in [-0.25, -0.2) is 0 Å². The van der Waals surface area contributed by atoms with E-state index in [-0.39, 0.29) is 5.75 Å². The van der Waals surface area contributed by atoms with Gasteiger partial charge in [-0.15, -0.1) is 5.10 Å². The molecule has 0 amide bonds. The monoisotopic (exact) mass is 203 g/mol. The van der Waals surface area contributed by atoms with E-state index >= 15 is 0 Å². The molecule has 0 fully saturated rings. The molecule has 0 unspecified atom stereocenters. The summed E-state index contributed by atoms with van der Waals surface area (Å²) in [6, 6.07) is 0. The summed E-state index contributed by atoms with van der Waals surface area (Å²) in [6.45, 7) is 7.48. The van der Waals surface area contributed by atoms with Crippen molar-refractivity contribution in [1.29, 1.82) is 0 Å². The van der Waals surface area contributed by atoms with Crippen molar-refractivity contribution in [1.82, 2.24) is 15.2 Å². The maximum Gasteiger partial charge on any atom is 0.146 e. The molecule has 0 spiro atoms. The second-order valence-electron chi connectivity index (χ2n) is 3.77. The maximum absolute atomic E-state index is 9.96. The molecule has 4 nitrogen and oxygen atoms in total. The molecule has 0 atom stereocenters. The van der Waals surface area contributed by atoms with E-state index in [4.69, 9.17) is 0 Å². The quantitative estimate of drug-likeness (QED) is 0.711. The first-order valence-corrected chi connectivity index (χ1v) is 4.82. The molecule has 2 aromatic rings. The fraction of sp³-hybridized carbons (Fsp3) is 0.364. The highest BCUT2D eigenvalue weighted by molar-refractivity contribution is 5.89. The van der Waals surface area contributed by atoms with E-state index in [9.17, 15) is 5.11 Å². The number of aromatic hydroxyl groups is 1. The van der Waals surface area contributed by atoms with E-state index in [0.717, 1.165) is 22.3 Å². The van der Waals surface area contributed by atoms with E-state index in [1.165, 1.54) is 0 Å². The van der Waals surface area contributed by atoms with Crippen molar-refractivity contribution < 1.29 is 5.11 Å². The van der Waals surface area contributed by atoms with Crippen molar-refractivity contribution in [2.75, 3.05) is 0 Å². The van der Waals surface area contributed by atoms with Gasteiger partial charge in [-0.2, -0.15) is 5.10 Å². The average Bonchev–Trinajstić information content (AvgIpc) is 2.19. The molecule has 2 aromatic heterocycles. The van der Waals surface area contributed by atoms with Crippen molar-refractivity contribution in [3.63, 3.8) is 0 Å². The third-order valence-corrected chi connectivity index (χ3v) is 2.71. The van der Waals surface area contributed by atoms with Gasteiger partial charge in [0.15, 0.2) is 0 Å². The topological polar surface area (TPSA) is 58.9 Å². The number of pyridine rings is 1. The third kappa shape index (κ3) is 1.33. The first-order valence-electron chi connectivity index (χ1n) is 4.82. The van der Waals surface area contributed by atoms with E-state index in [1.54, 1.807) is 6.92 Å². The highest BCUT2D eigenvalue weighted by atomic mass is 16.3. The van der Waals surface area contributed by atoms with Gasteiger partial charge in [0.05, 0.1) is 22.5 Å². The van der Waals surface area contributed by atoms with Gasteiger partial charge in [0.25, 0.3) is 0 Å². The molecule has 0 bridgehead atoms. The summed E-state index contributed by atoms with van der Waals surface area (Å²) in [4.78, 5) is 4.22. The van der Waals surface area contributed by atoms with Crippen LogP contribution in [0.3, 0.4) is 0 Å². The lowest BCUT2D eigenvalue weighted by Crippen LogP contribution is -1.99. The van der Waals surface area contributed by atoms with Gasteiger partial charge in [-0.1, -0.05) is 0 Å². The molecule has 0 aliphatic carbocycles. The SMILES string of the molecule is Cc1nnc2c(C)nc(C)c(O)c2c1C. The predicted molar refractivity (Wildman–Crippen MR) is 57.9 cm³/mol. The fourth-order valence-electron chi connectivity index (χ4n) is 1.69. The second-order valence-corrected chi connectivity index (χ2v) is 3.77. The molecule has 4 heteroatoms. The Morgan fingerprint density at radius 2 is 1.53 bits per heavy atom. The lowest BCUT2D eigenvalue weighted by atomic mass is 10.1. The standard InChI is InChI=1S/C11H13N3O/c1-5-6(2)13-14-10-7(3)12-8(4)11(15)9(5)10/h15H,1-4H3. The average molecular weight is 203 g/mol. The van der Waals surface area contributed by atoms with Crippen LogP contribution in [0.5, 0.6) is 5.75 Å². The van der Waals surface area contributed by atoms with Crippen LogP contribution in [-0.4, -0.2) is 20.3 Å². The molecule has 1 N–H and O–H groups in total. The van der Waals surface area contributed by atoms with Crippen molar-refractivity contribution in [2.24, 2.45) is 0 Å². The Morgan fingerprint density at radius 3 is 2.20 bits per heavy atom. The molecule has 78 valence electrons. The van der Waals surface area contributed by atoms with Crippen LogP contribution in [0.1, 0.15) is 22.6 Å². The summed E-state index contributed by atoms with van der Waals surface area (Å²) in [5.74, 6) is 0.214. The molecule has 2 heterocycles. The summed E-state index contributed by atoms with van der Waals surface area (Å²) in [6.07, 6.45) is 0. The number of hydrogen-bond acceptors (Lipinski definition) is 4. The molecule has 0 radical (unpaired) electrons. The van der Waals surface area contributed by atoms with E-state index in [1.807, 2.05) is 20.8 Å². The predicted octanol–water partition coefficient (Wildman–Crippen LogP) is 1.96. The van der Waals surface area contributed by atoms with Gasteiger partial charge in [-0.05, 0) is 33.3 Å². The van der Waals surface area contributed by atoms with Crippen molar-refractivity contribution in [3.8, 4) is 5.75 Å². The van der Waals surface area contributed by atoms with Crippen LogP contribution in [0, 0.1) is 27.7 Å². The molecule has 2 rings (SSSR count). The van der Waals surface area contributed by atoms with Gasteiger partial charge >= 0.3 is 0 Å². The highest BCUT2D eigenvalue weighted by Gasteiger charge is 2.13. The summed E-state index contributed by atoms with van der Waals surface area (Å²) in [5.41, 5.74) is 3.92. The van der Waals surface area contributed by atoms with E-state index < -0.39 is 0 Å². The Bertz CT molecular complexity index is 541. The zero-order valence-electron chi connectivity index (χ0n) is 9.29. The maximum atomic E-state index is 9.96. The molecule has 0 aromatic carbocycles. The minimum atomic E-state index is 0.214. The van der Waals surface area contributed by atoms with Crippen LogP contribution in [0.2, 0.25) is 0 Å².